The zero-order valence-corrected chi connectivity index (χ0v) is 10.8. The highest BCUT2D eigenvalue weighted by atomic mass is 16.5. The van der Waals surface area contributed by atoms with Crippen molar-refractivity contribution in [2.24, 2.45) is 0 Å². The molecule has 98 valence electrons. The molecule has 0 amide bonds. The molecule has 3 nitrogen and oxygen atoms in total. The second-order valence-corrected chi connectivity index (χ2v) is 4.22. The van der Waals surface area contributed by atoms with Gasteiger partial charge >= 0.3 is 5.97 Å². The molecule has 0 fully saturated rings. The highest BCUT2D eigenvalue weighted by molar-refractivity contribution is 5.96. The summed E-state index contributed by atoms with van der Waals surface area (Å²) in [6.07, 6.45) is 3.73. The fourth-order valence-electron chi connectivity index (χ4n) is 1.86. The number of rotatable bonds is 4. The Kier molecular flexibility index (Phi) is 4.18. The Balaban J connectivity index is 2.31. The minimum Gasteiger partial charge on any atom is -0.507 e. The number of aromatic hydroxyl groups is 1. The molecule has 0 aliphatic carbocycles. The number of phenols is 1. The maximum Gasteiger partial charge on any atom is 0.330 e. The van der Waals surface area contributed by atoms with Gasteiger partial charge < -0.3 is 9.84 Å². The van der Waals surface area contributed by atoms with E-state index in [9.17, 15) is 9.90 Å². The van der Waals surface area contributed by atoms with Crippen molar-refractivity contribution in [3.63, 3.8) is 0 Å². The van der Waals surface area contributed by atoms with Gasteiger partial charge in [0.25, 0.3) is 0 Å². The molecule has 2 rings (SSSR count). The van der Waals surface area contributed by atoms with E-state index in [0.717, 1.165) is 17.2 Å². The summed E-state index contributed by atoms with van der Waals surface area (Å²) in [5.41, 5.74) is 0.631. The summed E-state index contributed by atoms with van der Waals surface area (Å²) in [7, 11) is 0. The zero-order valence-electron chi connectivity index (χ0n) is 10.8. The lowest BCUT2D eigenvalue weighted by atomic mass is 10.0. The number of esters is 1. The monoisotopic (exact) mass is 256 g/mol. The van der Waals surface area contributed by atoms with Gasteiger partial charge in [-0.3, -0.25) is 0 Å². The first kappa shape index (κ1) is 13.1. The maximum absolute atomic E-state index is 11.4. The van der Waals surface area contributed by atoms with Crippen LogP contribution >= 0.6 is 0 Å². The van der Waals surface area contributed by atoms with Gasteiger partial charge in [0, 0.05) is 11.6 Å². The third-order valence-corrected chi connectivity index (χ3v) is 2.78. The van der Waals surface area contributed by atoms with Gasteiger partial charge in [-0.15, -0.1) is 0 Å². The molecule has 0 radical (unpaired) electrons. The van der Waals surface area contributed by atoms with Crippen molar-refractivity contribution >= 4 is 22.8 Å². The Morgan fingerprint density at radius 2 is 2.05 bits per heavy atom. The molecule has 0 heterocycles. The topological polar surface area (TPSA) is 46.5 Å². The maximum atomic E-state index is 11.4. The zero-order chi connectivity index (χ0) is 13.7. The lowest BCUT2D eigenvalue weighted by Crippen LogP contribution is -2.00. The van der Waals surface area contributed by atoms with E-state index in [1.54, 1.807) is 12.1 Å². The average Bonchev–Trinajstić information content (AvgIpc) is 2.44. The summed E-state index contributed by atoms with van der Waals surface area (Å²) in [5, 5.41) is 11.8. The van der Waals surface area contributed by atoms with Crippen LogP contribution in [0.25, 0.3) is 16.8 Å². The van der Waals surface area contributed by atoms with Gasteiger partial charge in [-0.1, -0.05) is 37.3 Å². The predicted molar refractivity (Wildman–Crippen MR) is 75.9 cm³/mol. The molecule has 3 heteroatoms. The lowest BCUT2D eigenvalue weighted by Gasteiger charge is -2.05. The third-order valence-electron chi connectivity index (χ3n) is 2.78. The second kappa shape index (κ2) is 6.05. The molecule has 0 saturated carbocycles. The molecule has 0 bridgehead atoms. The van der Waals surface area contributed by atoms with Crippen molar-refractivity contribution in [1.82, 2.24) is 0 Å². The standard InChI is InChI=1S/C16H16O3/c1-2-11-19-16(18)10-8-14-13-6-4-3-5-12(13)7-9-15(14)17/h3-10,17H,2,11H2,1H3. The van der Waals surface area contributed by atoms with Gasteiger partial charge in [0.15, 0.2) is 0 Å². The Morgan fingerprint density at radius 3 is 2.84 bits per heavy atom. The van der Waals surface area contributed by atoms with Crippen molar-refractivity contribution in [2.45, 2.75) is 13.3 Å². The van der Waals surface area contributed by atoms with E-state index in [1.807, 2.05) is 37.3 Å². The van der Waals surface area contributed by atoms with Crippen LogP contribution in [0.4, 0.5) is 0 Å². The van der Waals surface area contributed by atoms with Crippen molar-refractivity contribution in [2.75, 3.05) is 6.61 Å². The minimum atomic E-state index is -0.394. The fourth-order valence-corrected chi connectivity index (χ4v) is 1.86. The number of fused-ring (bicyclic) bond motifs is 1. The molecule has 19 heavy (non-hydrogen) atoms. The van der Waals surface area contributed by atoms with Crippen molar-refractivity contribution < 1.29 is 14.6 Å². The SMILES string of the molecule is CCCOC(=O)C=Cc1c(O)ccc2ccccc12. The van der Waals surface area contributed by atoms with E-state index >= 15 is 0 Å². The number of carbonyl (C=O) groups excluding carboxylic acids is 1. The second-order valence-electron chi connectivity index (χ2n) is 4.22. The molecule has 0 spiro atoms. The number of phenolic OH excluding ortho intramolecular Hbond substituents is 1. The van der Waals surface area contributed by atoms with Gasteiger partial charge in [-0.2, -0.15) is 0 Å². The van der Waals surface area contributed by atoms with Crippen LogP contribution in [0, 0.1) is 0 Å². The number of carbonyl (C=O) groups is 1. The normalized spacial score (nSPS) is 11.0. The lowest BCUT2D eigenvalue weighted by molar-refractivity contribution is -0.137. The van der Waals surface area contributed by atoms with E-state index in [1.165, 1.54) is 6.08 Å². The highest BCUT2D eigenvalue weighted by Gasteiger charge is 2.04. The van der Waals surface area contributed by atoms with Crippen LogP contribution in [0.5, 0.6) is 5.75 Å². The van der Waals surface area contributed by atoms with Crippen molar-refractivity contribution in [3.8, 4) is 5.75 Å². The average molecular weight is 256 g/mol. The Morgan fingerprint density at radius 1 is 1.26 bits per heavy atom. The van der Waals surface area contributed by atoms with Crippen LogP contribution in [-0.4, -0.2) is 17.7 Å². The molecular formula is C16H16O3. The Hall–Kier alpha value is -2.29. The molecule has 0 aliphatic heterocycles. The van der Waals surface area contributed by atoms with Crippen LogP contribution in [0.2, 0.25) is 0 Å². The number of hydrogen-bond donors (Lipinski definition) is 1. The summed E-state index contributed by atoms with van der Waals surface area (Å²) in [4.78, 5) is 11.4. The fraction of sp³-hybridized carbons (Fsp3) is 0.188. The first-order valence-corrected chi connectivity index (χ1v) is 6.28. The first-order chi connectivity index (χ1) is 9.22. The first-order valence-electron chi connectivity index (χ1n) is 6.28. The van der Waals surface area contributed by atoms with Crippen LogP contribution in [0.1, 0.15) is 18.9 Å². The molecule has 0 saturated heterocycles. The largest absolute Gasteiger partial charge is 0.507 e. The Labute approximate surface area is 112 Å². The van der Waals surface area contributed by atoms with Gasteiger partial charge in [-0.05, 0) is 29.3 Å². The molecular weight excluding hydrogens is 240 g/mol. The molecule has 0 atom stereocenters. The van der Waals surface area contributed by atoms with E-state index in [0.29, 0.717) is 12.2 Å². The summed E-state index contributed by atoms with van der Waals surface area (Å²) in [6.45, 7) is 2.35. The van der Waals surface area contributed by atoms with E-state index < -0.39 is 5.97 Å². The Bertz CT molecular complexity index is 614. The van der Waals surface area contributed by atoms with Crippen LogP contribution in [0.3, 0.4) is 0 Å². The quantitative estimate of drug-likeness (QED) is 0.672. The predicted octanol–water partition coefficient (Wildman–Crippen LogP) is 3.51. The highest BCUT2D eigenvalue weighted by Crippen LogP contribution is 2.28. The molecule has 2 aromatic carbocycles. The van der Waals surface area contributed by atoms with E-state index in [4.69, 9.17) is 4.74 Å². The molecule has 0 aliphatic rings. The van der Waals surface area contributed by atoms with Crippen LogP contribution in [-0.2, 0) is 9.53 Å². The van der Waals surface area contributed by atoms with E-state index in [-0.39, 0.29) is 5.75 Å². The van der Waals surface area contributed by atoms with Crippen LogP contribution < -0.4 is 0 Å². The van der Waals surface area contributed by atoms with Crippen molar-refractivity contribution in [3.05, 3.63) is 48.0 Å². The van der Waals surface area contributed by atoms with Crippen molar-refractivity contribution in [1.29, 1.82) is 0 Å². The summed E-state index contributed by atoms with van der Waals surface area (Å²) in [5.74, 6) is -0.243. The van der Waals surface area contributed by atoms with Gasteiger partial charge in [0.1, 0.15) is 5.75 Å². The summed E-state index contributed by atoms with van der Waals surface area (Å²) < 4.78 is 4.96. The molecule has 0 unspecified atom stereocenters. The van der Waals surface area contributed by atoms with Gasteiger partial charge in [0.2, 0.25) is 0 Å². The summed E-state index contributed by atoms with van der Waals surface area (Å²) >= 11 is 0. The van der Waals surface area contributed by atoms with Gasteiger partial charge in [-0.25, -0.2) is 4.79 Å². The molecule has 1 N–H and O–H groups in total. The number of benzene rings is 2. The van der Waals surface area contributed by atoms with Crippen LogP contribution in [0.15, 0.2) is 42.5 Å². The summed E-state index contributed by atoms with van der Waals surface area (Å²) in [6, 6.07) is 11.2. The molecule has 0 aromatic heterocycles. The number of ether oxygens (including phenoxy) is 1. The smallest absolute Gasteiger partial charge is 0.330 e. The van der Waals surface area contributed by atoms with Gasteiger partial charge in [0.05, 0.1) is 6.61 Å². The number of hydrogen-bond acceptors (Lipinski definition) is 3. The third kappa shape index (κ3) is 3.13. The molecule has 2 aromatic rings. The van der Waals surface area contributed by atoms with E-state index in [2.05, 4.69) is 0 Å². The minimum absolute atomic E-state index is 0.151.